The topological polar surface area (TPSA) is 91.7 Å². The molecule has 6 nitrogen and oxygen atoms in total. The highest BCUT2D eigenvalue weighted by molar-refractivity contribution is 7.92. The maximum absolute atomic E-state index is 11.8. The zero-order chi connectivity index (χ0) is 13.8. The van der Waals surface area contributed by atoms with E-state index in [1.807, 2.05) is 0 Å². The maximum atomic E-state index is 11.8. The first-order valence-electron chi connectivity index (χ1n) is 6.04. The van der Waals surface area contributed by atoms with Crippen molar-refractivity contribution in [3.8, 4) is 0 Å². The number of hydrogen-bond acceptors (Lipinski definition) is 4. The normalized spacial score (nSPS) is 18.4. The van der Waals surface area contributed by atoms with Crippen LogP contribution in [0.25, 0.3) is 0 Å². The average molecular weight is 277 g/mol. The van der Waals surface area contributed by atoms with Crippen LogP contribution in [0.5, 0.6) is 0 Å². The van der Waals surface area contributed by atoms with Crippen molar-refractivity contribution in [1.82, 2.24) is 4.90 Å². The predicted molar refractivity (Wildman–Crippen MR) is 65.9 cm³/mol. The van der Waals surface area contributed by atoms with Crippen LogP contribution in [-0.4, -0.2) is 54.4 Å². The van der Waals surface area contributed by atoms with Crippen molar-refractivity contribution >= 4 is 21.7 Å². The summed E-state index contributed by atoms with van der Waals surface area (Å²) < 4.78 is 23.6. The van der Waals surface area contributed by atoms with Gasteiger partial charge in [-0.1, -0.05) is 0 Å². The Labute approximate surface area is 107 Å². The van der Waals surface area contributed by atoms with Crippen molar-refractivity contribution in [3.63, 3.8) is 0 Å². The highest BCUT2D eigenvalue weighted by Gasteiger charge is 2.28. The Morgan fingerprint density at radius 2 is 1.78 bits per heavy atom. The Hall–Kier alpha value is -1.11. The summed E-state index contributed by atoms with van der Waals surface area (Å²) in [5.74, 6) is -2.16. The van der Waals surface area contributed by atoms with Crippen molar-refractivity contribution in [2.24, 2.45) is 0 Å². The molecule has 18 heavy (non-hydrogen) atoms. The SMILES string of the molecule is CC(CC(=O)O)S(=O)(=O)CC(=O)N1CCCCC1. The van der Waals surface area contributed by atoms with Crippen molar-refractivity contribution in [2.75, 3.05) is 18.8 Å². The van der Waals surface area contributed by atoms with Crippen LogP contribution in [-0.2, 0) is 19.4 Å². The second-order valence-corrected chi connectivity index (χ2v) is 7.08. The number of aliphatic carboxylic acids is 1. The molecule has 1 heterocycles. The first kappa shape index (κ1) is 14.9. The van der Waals surface area contributed by atoms with Crippen LogP contribution >= 0.6 is 0 Å². The Kier molecular flexibility index (Phi) is 5.13. The molecule has 0 spiro atoms. The number of amides is 1. The fraction of sp³-hybridized carbons (Fsp3) is 0.818. The largest absolute Gasteiger partial charge is 0.481 e. The molecule has 0 aromatic carbocycles. The van der Waals surface area contributed by atoms with Gasteiger partial charge in [0.15, 0.2) is 9.84 Å². The first-order chi connectivity index (χ1) is 8.33. The lowest BCUT2D eigenvalue weighted by atomic mass is 10.1. The van der Waals surface area contributed by atoms with Gasteiger partial charge in [0.25, 0.3) is 0 Å². The number of piperidine rings is 1. The van der Waals surface area contributed by atoms with Gasteiger partial charge in [-0.05, 0) is 26.2 Å². The quantitative estimate of drug-likeness (QED) is 0.779. The minimum atomic E-state index is -3.68. The third-order valence-electron chi connectivity index (χ3n) is 3.11. The molecule has 1 rings (SSSR count). The number of carbonyl (C=O) groups excluding carboxylic acids is 1. The lowest BCUT2D eigenvalue weighted by Crippen LogP contribution is -2.41. The van der Waals surface area contributed by atoms with E-state index in [1.165, 1.54) is 6.92 Å². The van der Waals surface area contributed by atoms with Crippen molar-refractivity contribution < 1.29 is 23.1 Å². The van der Waals surface area contributed by atoms with Gasteiger partial charge in [-0.25, -0.2) is 8.42 Å². The summed E-state index contributed by atoms with van der Waals surface area (Å²) in [6, 6.07) is 0. The molecule has 0 aromatic rings. The molecule has 1 fully saturated rings. The van der Waals surface area contributed by atoms with Crippen LogP contribution in [0.3, 0.4) is 0 Å². The lowest BCUT2D eigenvalue weighted by molar-refractivity contribution is -0.137. The first-order valence-corrected chi connectivity index (χ1v) is 7.75. The molecule has 1 atom stereocenters. The van der Waals surface area contributed by atoms with Crippen LogP contribution in [0.15, 0.2) is 0 Å². The van der Waals surface area contributed by atoms with Gasteiger partial charge in [0, 0.05) is 13.1 Å². The van der Waals surface area contributed by atoms with Gasteiger partial charge in [0.05, 0.1) is 11.7 Å². The second kappa shape index (κ2) is 6.17. The molecule has 1 N–H and O–H groups in total. The van der Waals surface area contributed by atoms with Crippen molar-refractivity contribution in [2.45, 2.75) is 37.9 Å². The molecule has 0 aliphatic carbocycles. The van der Waals surface area contributed by atoms with E-state index in [2.05, 4.69) is 0 Å². The summed E-state index contributed by atoms with van der Waals surface area (Å²) in [5, 5.41) is 7.55. The average Bonchev–Trinajstić information content (AvgIpc) is 2.28. The van der Waals surface area contributed by atoms with Crippen LogP contribution in [0, 0.1) is 0 Å². The third kappa shape index (κ3) is 4.29. The molecular weight excluding hydrogens is 258 g/mol. The summed E-state index contributed by atoms with van der Waals surface area (Å²) in [6.45, 7) is 2.52. The fourth-order valence-corrected chi connectivity index (χ4v) is 3.13. The molecule has 1 saturated heterocycles. The van der Waals surface area contributed by atoms with Crippen LogP contribution < -0.4 is 0 Å². The number of carbonyl (C=O) groups is 2. The van der Waals surface area contributed by atoms with E-state index in [4.69, 9.17) is 5.11 Å². The Balaban J connectivity index is 2.58. The van der Waals surface area contributed by atoms with E-state index < -0.39 is 39.1 Å². The summed E-state index contributed by atoms with van der Waals surface area (Å²) in [6.07, 6.45) is 2.40. The van der Waals surface area contributed by atoms with E-state index in [-0.39, 0.29) is 0 Å². The van der Waals surface area contributed by atoms with Gasteiger partial charge >= 0.3 is 5.97 Å². The van der Waals surface area contributed by atoms with Crippen molar-refractivity contribution in [3.05, 3.63) is 0 Å². The molecule has 1 amide bonds. The lowest BCUT2D eigenvalue weighted by Gasteiger charge is -2.27. The van der Waals surface area contributed by atoms with E-state index in [0.717, 1.165) is 19.3 Å². The third-order valence-corrected chi connectivity index (χ3v) is 5.15. The molecule has 104 valence electrons. The number of sulfone groups is 1. The monoisotopic (exact) mass is 277 g/mol. The van der Waals surface area contributed by atoms with Crippen molar-refractivity contribution in [1.29, 1.82) is 0 Å². The number of rotatable bonds is 5. The van der Waals surface area contributed by atoms with Gasteiger partial charge in [-0.15, -0.1) is 0 Å². The summed E-state index contributed by atoms with van der Waals surface area (Å²) in [7, 11) is -3.68. The molecule has 7 heteroatoms. The smallest absolute Gasteiger partial charge is 0.304 e. The Morgan fingerprint density at radius 1 is 1.22 bits per heavy atom. The summed E-state index contributed by atoms with van der Waals surface area (Å²) in [4.78, 5) is 23.8. The fourth-order valence-electron chi connectivity index (χ4n) is 1.92. The standard InChI is InChI=1S/C11H19NO5S/c1-9(7-11(14)15)18(16,17)8-10(13)12-5-3-2-4-6-12/h9H,2-8H2,1H3,(H,14,15). The van der Waals surface area contributed by atoms with E-state index >= 15 is 0 Å². The number of hydrogen-bond donors (Lipinski definition) is 1. The number of likely N-dealkylation sites (tertiary alicyclic amines) is 1. The number of carboxylic acid groups (broad SMARTS) is 1. The van der Waals surface area contributed by atoms with Gasteiger partial charge in [-0.3, -0.25) is 9.59 Å². The minimum absolute atomic E-state index is 0.410. The van der Waals surface area contributed by atoms with Crippen LogP contribution in [0.1, 0.15) is 32.6 Å². The predicted octanol–water partition coefficient (Wildman–Crippen LogP) is 0.277. The van der Waals surface area contributed by atoms with E-state index in [9.17, 15) is 18.0 Å². The van der Waals surface area contributed by atoms with Gasteiger partial charge in [0.2, 0.25) is 5.91 Å². The van der Waals surface area contributed by atoms with E-state index in [0.29, 0.717) is 13.1 Å². The maximum Gasteiger partial charge on any atom is 0.304 e. The highest BCUT2D eigenvalue weighted by Crippen LogP contribution is 2.12. The molecule has 0 radical (unpaired) electrons. The summed E-state index contributed by atoms with van der Waals surface area (Å²) in [5.41, 5.74) is 0. The Bertz CT molecular complexity index is 411. The molecule has 0 saturated carbocycles. The number of nitrogens with zero attached hydrogens (tertiary/aromatic N) is 1. The molecule has 0 bridgehead atoms. The summed E-state index contributed by atoms with van der Waals surface area (Å²) >= 11 is 0. The van der Waals surface area contributed by atoms with Gasteiger partial charge < -0.3 is 10.0 Å². The Morgan fingerprint density at radius 3 is 2.28 bits per heavy atom. The molecular formula is C11H19NO5S. The zero-order valence-electron chi connectivity index (χ0n) is 10.5. The molecule has 1 unspecified atom stereocenters. The highest BCUT2D eigenvalue weighted by atomic mass is 32.2. The minimum Gasteiger partial charge on any atom is -0.481 e. The van der Waals surface area contributed by atoms with Gasteiger partial charge in [0.1, 0.15) is 5.75 Å². The number of carboxylic acids is 1. The second-order valence-electron chi connectivity index (χ2n) is 4.66. The zero-order valence-corrected chi connectivity index (χ0v) is 11.3. The van der Waals surface area contributed by atoms with E-state index in [1.54, 1.807) is 4.90 Å². The molecule has 1 aliphatic rings. The molecule has 0 aromatic heterocycles. The van der Waals surface area contributed by atoms with Crippen LogP contribution in [0.2, 0.25) is 0 Å². The molecule has 1 aliphatic heterocycles. The van der Waals surface area contributed by atoms with Crippen LogP contribution in [0.4, 0.5) is 0 Å². The van der Waals surface area contributed by atoms with Gasteiger partial charge in [-0.2, -0.15) is 0 Å².